The van der Waals surface area contributed by atoms with Gasteiger partial charge in [0.15, 0.2) is 5.69 Å². The highest BCUT2D eigenvalue weighted by Gasteiger charge is 2.13. The fraction of sp³-hybridized carbons (Fsp3) is 0. The molecule has 5 heteroatoms. The van der Waals surface area contributed by atoms with Gasteiger partial charge >= 0.3 is 0 Å². The Labute approximate surface area is 119 Å². The second-order valence-electron chi connectivity index (χ2n) is 4.00. The molecule has 0 aliphatic carbocycles. The van der Waals surface area contributed by atoms with Gasteiger partial charge in [0.2, 0.25) is 0 Å². The molecule has 1 aromatic carbocycles. The zero-order valence-electron chi connectivity index (χ0n) is 9.64. The smallest absolute Gasteiger partial charge is 0.152 e. The molecule has 0 amide bonds. The summed E-state index contributed by atoms with van der Waals surface area (Å²) in [7, 11) is 0. The lowest BCUT2D eigenvalue weighted by Gasteiger charge is -1.98. The molecule has 19 heavy (non-hydrogen) atoms. The fourth-order valence-corrected chi connectivity index (χ4v) is 2.22. The predicted molar refractivity (Wildman–Crippen MR) is 75.4 cm³/mol. The fourth-order valence-electron chi connectivity index (χ4n) is 1.94. The predicted octanol–water partition coefficient (Wildman–Crippen LogP) is 4.18. The number of fused-ring (bicyclic) bond motifs is 1. The Morgan fingerprint density at radius 3 is 2.47 bits per heavy atom. The van der Waals surface area contributed by atoms with Crippen LogP contribution in [0.15, 0.2) is 42.6 Å². The van der Waals surface area contributed by atoms with E-state index in [-0.39, 0.29) is 0 Å². The van der Waals surface area contributed by atoms with Crippen LogP contribution in [0.25, 0.3) is 16.9 Å². The molecule has 3 rings (SSSR count). The number of nitrogens with zero attached hydrogens (tertiary/aromatic N) is 3. The molecule has 0 saturated carbocycles. The largest absolute Gasteiger partial charge is 0.291 e. The summed E-state index contributed by atoms with van der Waals surface area (Å²) in [5, 5.41) is 10.6. The van der Waals surface area contributed by atoms with Crippen molar-refractivity contribution in [3.05, 3.63) is 58.3 Å². The minimum atomic E-state index is 0.481. The van der Waals surface area contributed by atoms with E-state index in [2.05, 4.69) is 11.1 Å². The van der Waals surface area contributed by atoms with Gasteiger partial charge in [-0.3, -0.25) is 4.40 Å². The van der Waals surface area contributed by atoms with E-state index in [0.717, 1.165) is 5.56 Å². The van der Waals surface area contributed by atoms with Crippen molar-refractivity contribution in [2.45, 2.75) is 0 Å². The first-order valence-corrected chi connectivity index (χ1v) is 6.28. The molecule has 92 valence electrons. The highest BCUT2D eigenvalue weighted by Crippen LogP contribution is 2.26. The summed E-state index contributed by atoms with van der Waals surface area (Å²) in [6.07, 6.45) is 1.74. The van der Waals surface area contributed by atoms with Crippen molar-refractivity contribution in [2.75, 3.05) is 0 Å². The second kappa shape index (κ2) is 4.58. The van der Waals surface area contributed by atoms with Gasteiger partial charge in [0.1, 0.15) is 17.4 Å². The maximum atomic E-state index is 9.32. The molecule has 3 nitrogen and oxygen atoms in total. The SMILES string of the molecule is N#Cc1c(-c2ccc(Cl)cc2)nc2cc(Cl)ccn12. The number of imidazole rings is 1. The molecule has 0 saturated heterocycles. The van der Waals surface area contributed by atoms with Gasteiger partial charge < -0.3 is 0 Å². The Hall–Kier alpha value is -2.02. The molecule has 2 aromatic heterocycles. The van der Waals surface area contributed by atoms with Crippen LogP contribution in [0, 0.1) is 11.3 Å². The Bertz CT molecular complexity index is 798. The van der Waals surface area contributed by atoms with Crippen LogP contribution in [-0.4, -0.2) is 9.38 Å². The van der Waals surface area contributed by atoms with Crippen molar-refractivity contribution in [1.82, 2.24) is 9.38 Å². The van der Waals surface area contributed by atoms with E-state index in [4.69, 9.17) is 23.2 Å². The van der Waals surface area contributed by atoms with Crippen LogP contribution in [0.3, 0.4) is 0 Å². The Balaban J connectivity index is 2.29. The van der Waals surface area contributed by atoms with Crippen LogP contribution in [0.2, 0.25) is 10.0 Å². The molecule has 0 bridgehead atoms. The molecule has 3 aromatic rings. The molecule has 0 fully saturated rings. The lowest BCUT2D eigenvalue weighted by atomic mass is 10.1. The average molecular weight is 288 g/mol. The molecule has 0 spiro atoms. The summed E-state index contributed by atoms with van der Waals surface area (Å²) in [6, 6.07) is 12.8. The zero-order valence-corrected chi connectivity index (χ0v) is 11.2. The van der Waals surface area contributed by atoms with E-state index >= 15 is 0 Å². The minimum absolute atomic E-state index is 0.481. The van der Waals surface area contributed by atoms with E-state index in [9.17, 15) is 5.26 Å². The summed E-state index contributed by atoms with van der Waals surface area (Å²) in [5.74, 6) is 0. The summed E-state index contributed by atoms with van der Waals surface area (Å²) in [6.45, 7) is 0. The van der Waals surface area contributed by atoms with E-state index in [1.807, 2.05) is 12.1 Å². The third kappa shape index (κ3) is 2.06. The molecular formula is C14H7Cl2N3. The van der Waals surface area contributed by atoms with Crippen molar-refractivity contribution in [2.24, 2.45) is 0 Å². The number of benzene rings is 1. The molecule has 0 radical (unpaired) electrons. The standard InChI is InChI=1S/C14H7Cl2N3/c15-10-3-1-9(2-4-10)14-12(8-17)19-6-5-11(16)7-13(19)18-14/h1-7H. The van der Waals surface area contributed by atoms with Crippen LogP contribution < -0.4 is 0 Å². The highest BCUT2D eigenvalue weighted by molar-refractivity contribution is 6.31. The molecular weight excluding hydrogens is 281 g/mol. The molecule has 0 N–H and O–H groups in total. The van der Waals surface area contributed by atoms with E-state index in [1.54, 1.807) is 34.9 Å². The summed E-state index contributed by atoms with van der Waals surface area (Å²) in [5.41, 5.74) is 2.60. The average Bonchev–Trinajstić information content (AvgIpc) is 2.77. The number of halogens is 2. The normalized spacial score (nSPS) is 10.6. The van der Waals surface area contributed by atoms with Crippen LogP contribution >= 0.6 is 23.2 Å². The van der Waals surface area contributed by atoms with E-state index in [1.165, 1.54) is 0 Å². The third-order valence-corrected chi connectivity index (χ3v) is 3.30. The first kappa shape index (κ1) is 12.0. The second-order valence-corrected chi connectivity index (χ2v) is 4.87. The van der Waals surface area contributed by atoms with E-state index < -0.39 is 0 Å². The van der Waals surface area contributed by atoms with Crippen molar-refractivity contribution in [3.63, 3.8) is 0 Å². The topological polar surface area (TPSA) is 41.1 Å². The van der Waals surface area contributed by atoms with Gasteiger partial charge in [-0.2, -0.15) is 5.26 Å². The number of hydrogen-bond donors (Lipinski definition) is 0. The minimum Gasteiger partial charge on any atom is -0.291 e. The number of aromatic nitrogens is 2. The molecule has 0 aliphatic heterocycles. The van der Waals surface area contributed by atoms with Gasteiger partial charge in [-0.15, -0.1) is 0 Å². The monoisotopic (exact) mass is 287 g/mol. The lowest BCUT2D eigenvalue weighted by Crippen LogP contribution is -1.88. The first-order valence-electron chi connectivity index (χ1n) is 5.52. The summed E-state index contributed by atoms with van der Waals surface area (Å²) in [4.78, 5) is 4.46. The van der Waals surface area contributed by atoms with Crippen LogP contribution in [0.4, 0.5) is 0 Å². The van der Waals surface area contributed by atoms with Gasteiger partial charge in [0.05, 0.1) is 0 Å². The van der Waals surface area contributed by atoms with Crippen LogP contribution in [-0.2, 0) is 0 Å². The number of nitriles is 1. The molecule has 0 aliphatic rings. The third-order valence-electron chi connectivity index (χ3n) is 2.81. The van der Waals surface area contributed by atoms with E-state index in [0.29, 0.717) is 27.1 Å². The Morgan fingerprint density at radius 2 is 1.79 bits per heavy atom. The number of pyridine rings is 1. The first-order chi connectivity index (χ1) is 9.19. The zero-order chi connectivity index (χ0) is 13.4. The van der Waals surface area contributed by atoms with Gasteiger partial charge in [0.25, 0.3) is 0 Å². The molecule has 2 heterocycles. The number of hydrogen-bond acceptors (Lipinski definition) is 2. The van der Waals surface area contributed by atoms with Gasteiger partial charge in [-0.1, -0.05) is 35.3 Å². The van der Waals surface area contributed by atoms with Crippen molar-refractivity contribution in [1.29, 1.82) is 5.26 Å². The summed E-state index contributed by atoms with van der Waals surface area (Å²) < 4.78 is 1.72. The van der Waals surface area contributed by atoms with Crippen molar-refractivity contribution in [3.8, 4) is 17.3 Å². The maximum absolute atomic E-state index is 9.32. The molecule has 0 atom stereocenters. The van der Waals surface area contributed by atoms with Crippen LogP contribution in [0.1, 0.15) is 5.69 Å². The van der Waals surface area contributed by atoms with Crippen molar-refractivity contribution >= 4 is 28.8 Å². The number of rotatable bonds is 1. The Kier molecular flexibility index (Phi) is 2.90. The van der Waals surface area contributed by atoms with Crippen molar-refractivity contribution < 1.29 is 0 Å². The molecule has 0 unspecified atom stereocenters. The van der Waals surface area contributed by atoms with Gasteiger partial charge in [0, 0.05) is 27.9 Å². The van der Waals surface area contributed by atoms with Gasteiger partial charge in [-0.25, -0.2) is 4.98 Å². The quantitative estimate of drug-likeness (QED) is 0.674. The highest BCUT2D eigenvalue weighted by atomic mass is 35.5. The summed E-state index contributed by atoms with van der Waals surface area (Å²) >= 11 is 11.8. The maximum Gasteiger partial charge on any atom is 0.152 e. The Morgan fingerprint density at radius 1 is 1.05 bits per heavy atom. The van der Waals surface area contributed by atoms with Gasteiger partial charge in [-0.05, 0) is 18.2 Å². The van der Waals surface area contributed by atoms with Crippen LogP contribution in [0.5, 0.6) is 0 Å². The lowest BCUT2D eigenvalue weighted by molar-refractivity contribution is 1.15.